The number of fused-ring (bicyclic) bond motifs is 1. The Morgan fingerprint density at radius 1 is 1.15 bits per heavy atom. The molecule has 26 heavy (non-hydrogen) atoms. The lowest BCUT2D eigenvalue weighted by molar-refractivity contribution is -0.128. The van der Waals surface area contributed by atoms with Crippen molar-refractivity contribution in [1.29, 1.82) is 0 Å². The molecule has 0 atom stereocenters. The van der Waals surface area contributed by atoms with Crippen LogP contribution < -0.4 is 15.0 Å². The normalized spacial score (nSPS) is 13.3. The second kappa shape index (κ2) is 6.78. The molecule has 0 saturated heterocycles. The van der Waals surface area contributed by atoms with E-state index < -0.39 is 5.60 Å². The molecule has 3 rings (SSSR count). The summed E-state index contributed by atoms with van der Waals surface area (Å²) in [6, 6.07) is 11.0. The number of amides is 2. The fourth-order valence-electron chi connectivity index (χ4n) is 2.93. The van der Waals surface area contributed by atoms with Gasteiger partial charge in [-0.05, 0) is 68.3 Å². The average molecular weight is 356 g/mol. The van der Waals surface area contributed by atoms with Crippen LogP contribution in [0.1, 0.15) is 26.3 Å². The predicted molar refractivity (Wildman–Crippen MR) is 97.9 cm³/mol. The Balaban J connectivity index is 1.71. The van der Waals surface area contributed by atoms with Crippen molar-refractivity contribution in [2.45, 2.75) is 32.8 Å². The first-order chi connectivity index (χ1) is 12.3. The zero-order chi connectivity index (χ0) is 18.9. The monoisotopic (exact) mass is 356 g/mol. The van der Waals surface area contributed by atoms with E-state index in [0.717, 1.165) is 17.7 Å². The summed E-state index contributed by atoms with van der Waals surface area (Å²) in [6.07, 6.45) is 0.758. The first kappa shape index (κ1) is 17.9. The van der Waals surface area contributed by atoms with Gasteiger partial charge < -0.3 is 15.0 Å². The van der Waals surface area contributed by atoms with Crippen LogP contribution in [0.2, 0.25) is 0 Å². The van der Waals surface area contributed by atoms with E-state index in [1.165, 1.54) is 24.3 Å². The molecular weight excluding hydrogens is 335 g/mol. The van der Waals surface area contributed by atoms with Gasteiger partial charge in [-0.25, -0.2) is 4.39 Å². The van der Waals surface area contributed by atoms with Gasteiger partial charge in [0.15, 0.2) is 5.60 Å². The highest BCUT2D eigenvalue weighted by Crippen LogP contribution is 2.31. The summed E-state index contributed by atoms with van der Waals surface area (Å²) in [5.74, 6) is -0.257. The molecule has 1 N–H and O–H groups in total. The van der Waals surface area contributed by atoms with E-state index in [4.69, 9.17) is 4.74 Å². The maximum Gasteiger partial charge on any atom is 0.267 e. The van der Waals surface area contributed by atoms with Crippen LogP contribution in [-0.4, -0.2) is 24.0 Å². The minimum Gasteiger partial charge on any atom is -0.478 e. The molecule has 1 heterocycles. The maximum absolute atomic E-state index is 13.0. The van der Waals surface area contributed by atoms with Gasteiger partial charge in [-0.1, -0.05) is 0 Å². The topological polar surface area (TPSA) is 58.6 Å². The van der Waals surface area contributed by atoms with E-state index in [1.54, 1.807) is 31.7 Å². The highest BCUT2D eigenvalue weighted by Gasteiger charge is 2.30. The molecule has 0 aromatic heterocycles. The Hall–Kier alpha value is -2.89. The van der Waals surface area contributed by atoms with Crippen molar-refractivity contribution < 1.29 is 18.7 Å². The van der Waals surface area contributed by atoms with Gasteiger partial charge in [-0.3, -0.25) is 9.59 Å². The first-order valence-electron chi connectivity index (χ1n) is 8.43. The van der Waals surface area contributed by atoms with Crippen LogP contribution in [0.25, 0.3) is 0 Å². The minimum atomic E-state index is -1.14. The van der Waals surface area contributed by atoms with E-state index in [9.17, 15) is 14.0 Å². The fraction of sp³-hybridized carbons (Fsp3) is 0.300. The quantitative estimate of drug-likeness (QED) is 0.912. The standard InChI is InChI=1S/C20H21FN2O3/c1-13(24)23-11-10-14-12-16(6-9-18(14)23)22-19(25)20(2,3)26-17-7-4-15(21)5-8-17/h4-9,12H,10-11H2,1-3H3,(H,22,25). The van der Waals surface area contributed by atoms with Crippen LogP contribution in [0.3, 0.4) is 0 Å². The van der Waals surface area contributed by atoms with Crippen molar-refractivity contribution in [3.63, 3.8) is 0 Å². The first-order valence-corrected chi connectivity index (χ1v) is 8.43. The van der Waals surface area contributed by atoms with Crippen molar-refractivity contribution in [3.05, 3.63) is 53.8 Å². The average Bonchev–Trinajstić information content (AvgIpc) is 3.00. The Labute approximate surface area is 151 Å². The van der Waals surface area contributed by atoms with Crippen LogP contribution in [0, 0.1) is 5.82 Å². The fourth-order valence-corrected chi connectivity index (χ4v) is 2.93. The summed E-state index contributed by atoms with van der Waals surface area (Å²) in [6.45, 7) is 5.49. The van der Waals surface area contributed by atoms with Crippen LogP contribution in [0.5, 0.6) is 5.75 Å². The molecule has 0 saturated carbocycles. The second-order valence-electron chi connectivity index (χ2n) is 6.78. The molecule has 1 aliphatic heterocycles. The lowest BCUT2D eigenvalue weighted by atomic mass is 10.1. The molecular formula is C20H21FN2O3. The third-order valence-electron chi connectivity index (χ3n) is 4.35. The Bertz CT molecular complexity index is 847. The maximum atomic E-state index is 13.0. The third kappa shape index (κ3) is 3.69. The Kier molecular flexibility index (Phi) is 4.68. The van der Waals surface area contributed by atoms with Crippen LogP contribution in [0.4, 0.5) is 15.8 Å². The van der Waals surface area contributed by atoms with Crippen molar-refractivity contribution in [2.24, 2.45) is 0 Å². The number of halogens is 1. The van der Waals surface area contributed by atoms with E-state index in [0.29, 0.717) is 18.0 Å². The molecule has 6 heteroatoms. The molecule has 0 radical (unpaired) electrons. The number of benzene rings is 2. The zero-order valence-corrected chi connectivity index (χ0v) is 15.0. The van der Waals surface area contributed by atoms with Crippen molar-refractivity contribution in [2.75, 3.05) is 16.8 Å². The molecule has 136 valence electrons. The molecule has 2 aromatic rings. The molecule has 5 nitrogen and oxygen atoms in total. The summed E-state index contributed by atoms with van der Waals surface area (Å²) < 4.78 is 18.7. The van der Waals surface area contributed by atoms with Gasteiger partial charge >= 0.3 is 0 Å². The summed E-state index contributed by atoms with van der Waals surface area (Å²) in [5.41, 5.74) is 1.42. The van der Waals surface area contributed by atoms with Gasteiger partial charge in [0, 0.05) is 24.8 Å². The highest BCUT2D eigenvalue weighted by atomic mass is 19.1. The van der Waals surface area contributed by atoms with Crippen molar-refractivity contribution >= 4 is 23.2 Å². The SMILES string of the molecule is CC(=O)N1CCc2cc(NC(=O)C(C)(C)Oc3ccc(F)cc3)ccc21. The smallest absolute Gasteiger partial charge is 0.267 e. The molecule has 2 amide bonds. The van der Waals surface area contributed by atoms with Gasteiger partial charge in [-0.15, -0.1) is 0 Å². The minimum absolute atomic E-state index is 0.00867. The number of rotatable bonds is 4. The number of anilines is 2. The third-order valence-corrected chi connectivity index (χ3v) is 4.35. The molecule has 2 aromatic carbocycles. The number of ether oxygens (including phenoxy) is 1. The van der Waals surface area contributed by atoms with Crippen LogP contribution >= 0.6 is 0 Å². The molecule has 0 bridgehead atoms. The summed E-state index contributed by atoms with van der Waals surface area (Å²) in [7, 11) is 0. The second-order valence-corrected chi connectivity index (χ2v) is 6.78. The van der Waals surface area contributed by atoms with E-state index in [1.807, 2.05) is 12.1 Å². The van der Waals surface area contributed by atoms with Gasteiger partial charge in [-0.2, -0.15) is 0 Å². The molecule has 0 fully saturated rings. The lowest BCUT2D eigenvalue weighted by Gasteiger charge is -2.25. The van der Waals surface area contributed by atoms with Crippen molar-refractivity contribution in [3.8, 4) is 5.75 Å². The van der Waals surface area contributed by atoms with Crippen LogP contribution in [-0.2, 0) is 16.0 Å². The van der Waals surface area contributed by atoms with Gasteiger partial charge in [0.25, 0.3) is 5.91 Å². The van der Waals surface area contributed by atoms with Crippen LogP contribution in [0.15, 0.2) is 42.5 Å². The Morgan fingerprint density at radius 3 is 2.50 bits per heavy atom. The number of carbonyl (C=O) groups is 2. The summed E-state index contributed by atoms with van der Waals surface area (Å²) in [4.78, 5) is 25.9. The number of nitrogens with zero attached hydrogens (tertiary/aromatic N) is 1. The number of carbonyl (C=O) groups excluding carboxylic acids is 2. The van der Waals surface area contributed by atoms with Crippen molar-refractivity contribution in [1.82, 2.24) is 0 Å². The number of hydrogen-bond acceptors (Lipinski definition) is 3. The Morgan fingerprint density at radius 2 is 1.85 bits per heavy atom. The summed E-state index contributed by atoms with van der Waals surface area (Å²) in [5, 5.41) is 2.85. The molecule has 0 spiro atoms. The molecule has 0 unspecified atom stereocenters. The lowest BCUT2D eigenvalue weighted by Crippen LogP contribution is -2.42. The molecule has 1 aliphatic rings. The predicted octanol–water partition coefficient (Wildman–Crippen LogP) is 3.53. The highest BCUT2D eigenvalue weighted by molar-refractivity contribution is 5.98. The molecule has 0 aliphatic carbocycles. The number of nitrogens with one attached hydrogen (secondary N) is 1. The zero-order valence-electron chi connectivity index (χ0n) is 15.0. The van der Waals surface area contributed by atoms with Gasteiger partial charge in [0.2, 0.25) is 5.91 Å². The van der Waals surface area contributed by atoms with E-state index >= 15 is 0 Å². The number of hydrogen-bond donors (Lipinski definition) is 1. The van der Waals surface area contributed by atoms with E-state index in [-0.39, 0.29) is 17.6 Å². The van der Waals surface area contributed by atoms with E-state index in [2.05, 4.69) is 5.32 Å². The largest absolute Gasteiger partial charge is 0.478 e. The van der Waals surface area contributed by atoms with Gasteiger partial charge in [0.1, 0.15) is 11.6 Å². The van der Waals surface area contributed by atoms with Gasteiger partial charge in [0.05, 0.1) is 0 Å². The summed E-state index contributed by atoms with van der Waals surface area (Å²) >= 11 is 0.